The van der Waals surface area contributed by atoms with E-state index in [4.69, 9.17) is 4.74 Å². The minimum Gasteiger partial charge on any atom is -0.497 e. The monoisotopic (exact) mass is 348 g/mol. The Kier molecular flexibility index (Phi) is 3.36. The number of methoxy groups -OCH3 is 1. The Bertz CT molecular complexity index is 804. The Morgan fingerprint density at radius 1 is 1.08 bits per heavy atom. The van der Waals surface area contributed by atoms with Gasteiger partial charge in [-0.2, -0.15) is 0 Å². The number of allylic oxidation sites excluding steroid dienone is 4. The fraction of sp³-hybridized carbons (Fsp3) is 0.542. The van der Waals surface area contributed by atoms with Crippen LogP contribution in [-0.2, 0) is 10.2 Å². The molecule has 2 saturated carbocycles. The molecule has 0 unspecified atom stereocenters. The van der Waals surface area contributed by atoms with Crippen LogP contribution in [0.5, 0.6) is 5.75 Å². The summed E-state index contributed by atoms with van der Waals surface area (Å²) in [4.78, 5) is 13.3. The van der Waals surface area contributed by atoms with E-state index in [9.17, 15) is 4.79 Å². The highest BCUT2D eigenvalue weighted by Gasteiger charge is 2.76. The summed E-state index contributed by atoms with van der Waals surface area (Å²) in [6, 6.07) is 8.55. The normalized spacial score (nSPS) is 43.1. The second-order valence-corrected chi connectivity index (χ2v) is 8.98. The van der Waals surface area contributed by atoms with Crippen LogP contribution in [-0.4, -0.2) is 12.9 Å². The van der Waals surface area contributed by atoms with Crippen molar-refractivity contribution in [2.24, 2.45) is 22.7 Å². The van der Waals surface area contributed by atoms with Crippen LogP contribution in [0.15, 0.2) is 48.6 Å². The van der Waals surface area contributed by atoms with Gasteiger partial charge in [-0.25, -0.2) is 0 Å². The smallest absolute Gasteiger partial charge is 0.159 e. The van der Waals surface area contributed by atoms with E-state index in [-0.39, 0.29) is 22.2 Å². The Labute approximate surface area is 156 Å². The first-order valence-electron chi connectivity index (χ1n) is 10.1. The number of carbonyl (C=O) groups excluding carboxylic acids is 1. The van der Waals surface area contributed by atoms with Gasteiger partial charge in [-0.15, -0.1) is 0 Å². The molecular formula is C24H28O2. The number of ketones is 1. The lowest BCUT2D eigenvalue weighted by Gasteiger charge is -2.51. The zero-order valence-corrected chi connectivity index (χ0v) is 15.8. The number of ether oxygens (including phenoxy) is 1. The van der Waals surface area contributed by atoms with Crippen molar-refractivity contribution in [2.45, 2.75) is 50.9 Å². The van der Waals surface area contributed by atoms with Gasteiger partial charge in [0.1, 0.15) is 5.75 Å². The van der Waals surface area contributed by atoms with Gasteiger partial charge in [-0.3, -0.25) is 4.79 Å². The molecule has 2 bridgehead atoms. The summed E-state index contributed by atoms with van der Waals surface area (Å²) in [7, 11) is 1.71. The van der Waals surface area contributed by atoms with Crippen molar-refractivity contribution >= 4 is 5.78 Å². The van der Waals surface area contributed by atoms with Crippen LogP contribution >= 0.6 is 0 Å². The average molecular weight is 348 g/mol. The third-order valence-electron chi connectivity index (χ3n) is 8.46. The van der Waals surface area contributed by atoms with Crippen LogP contribution < -0.4 is 4.74 Å². The van der Waals surface area contributed by atoms with Crippen molar-refractivity contribution in [3.63, 3.8) is 0 Å². The molecule has 4 aliphatic carbocycles. The van der Waals surface area contributed by atoms with Crippen LogP contribution in [0.4, 0.5) is 0 Å². The van der Waals surface area contributed by atoms with Gasteiger partial charge in [0.25, 0.3) is 0 Å². The third kappa shape index (κ3) is 1.67. The van der Waals surface area contributed by atoms with E-state index in [2.05, 4.69) is 49.4 Å². The second-order valence-electron chi connectivity index (χ2n) is 8.98. The first-order valence-corrected chi connectivity index (χ1v) is 10.1. The van der Waals surface area contributed by atoms with E-state index in [0.29, 0.717) is 11.7 Å². The van der Waals surface area contributed by atoms with E-state index in [0.717, 1.165) is 18.6 Å². The fourth-order valence-corrected chi connectivity index (χ4v) is 7.39. The summed E-state index contributed by atoms with van der Waals surface area (Å²) in [6.07, 6.45) is 16.2. The number of benzene rings is 1. The maximum atomic E-state index is 13.3. The maximum Gasteiger partial charge on any atom is 0.159 e. The van der Waals surface area contributed by atoms with Crippen molar-refractivity contribution in [1.82, 2.24) is 0 Å². The van der Waals surface area contributed by atoms with E-state index < -0.39 is 0 Å². The first kappa shape index (κ1) is 16.4. The second kappa shape index (κ2) is 5.34. The quantitative estimate of drug-likeness (QED) is 0.684. The van der Waals surface area contributed by atoms with Crippen LogP contribution in [0.3, 0.4) is 0 Å². The van der Waals surface area contributed by atoms with E-state index in [1.807, 2.05) is 6.08 Å². The largest absolute Gasteiger partial charge is 0.497 e. The molecule has 1 aromatic carbocycles. The molecule has 0 aliphatic heterocycles. The van der Waals surface area contributed by atoms with Crippen LogP contribution in [0.2, 0.25) is 0 Å². The lowest BCUT2D eigenvalue weighted by atomic mass is 9.52. The zero-order valence-electron chi connectivity index (χ0n) is 15.8. The van der Waals surface area contributed by atoms with Crippen molar-refractivity contribution < 1.29 is 9.53 Å². The van der Waals surface area contributed by atoms with Crippen molar-refractivity contribution in [3.05, 3.63) is 54.1 Å². The molecule has 0 N–H and O–H groups in total. The van der Waals surface area contributed by atoms with Gasteiger partial charge in [-0.1, -0.05) is 50.1 Å². The van der Waals surface area contributed by atoms with Gasteiger partial charge in [-0.05, 0) is 66.2 Å². The molecule has 0 heterocycles. The number of carbonyl (C=O) groups is 1. The van der Waals surface area contributed by atoms with E-state index in [1.54, 1.807) is 7.11 Å². The highest BCUT2D eigenvalue weighted by atomic mass is 16.5. The van der Waals surface area contributed by atoms with Crippen molar-refractivity contribution in [1.29, 1.82) is 0 Å². The van der Waals surface area contributed by atoms with Gasteiger partial charge in [0.05, 0.1) is 7.11 Å². The molecule has 1 aromatic rings. The molecule has 5 atom stereocenters. The summed E-state index contributed by atoms with van der Waals surface area (Å²) in [6.45, 7) is 2.49. The number of hydrogen-bond donors (Lipinski definition) is 0. The highest BCUT2D eigenvalue weighted by Crippen LogP contribution is 2.79. The van der Waals surface area contributed by atoms with E-state index >= 15 is 0 Å². The Morgan fingerprint density at radius 3 is 2.62 bits per heavy atom. The van der Waals surface area contributed by atoms with Gasteiger partial charge in [0, 0.05) is 11.3 Å². The van der Waals surface area contributed by atoms with Gasteiger partial charge < -0.3 is 4.74 Å². The topological polar surface area (TPSA) is 26.3 Å². The van der Waals surface area contributed by atoms with Gasteiger partial charge in [0.2, 0.25) is 0 Å². The Balaban J connectivity index is 1.76. The molecule has 4 aliphatic rings. The summed E-state index contributed by atoms with van der Waals surface area (Å²) in [5.74, 6) is 1.79. The van der Waals surface area contributed by atoms with Gasteiger partial charge in [0.15, 0.2) is 5.78 Å². The molecule has 2 nitrogen and oxygen atoms in total. The standard InChI is InChI=1S/C24H28O2/c1-22-13-5-6-14-23(22)15-16-24(22,17-9-11-18(26-2)12-10-17)21-19(23)7-3-4-8-20(21)25/h4,8-12,15-16,19,21H,3,5-7,13-14H2,1-2H3/t19-,21-,22+,23-,24+/m0/s1. The molecule has 26 heavy (non-hydrogen) atoms. The minimum atomic E-state index is -0.171. The molecular weight excluding hydrogens is 320 g/mol. The molecule has 136 valence electrons. The summed E-state index contributed by atoms with van der Waals surface area (Å²) in [5.41, 5.74) is 1.47. The van der Waals surface area contributed by atoms with Crippen LogP contribution in [0.1, 0.15) is 51.0 Å². The number of hydrogen-bond acceptors (Lipinski definition) is 2. The number of fused-ring (bicyclic) bond motifs is 2. The SMILES string of the molecule is COc1ccc([C@@]23C=C[C@@]4(CCCC[C@]42C)[C@H]2CCC=CC(=O)[C@H]23)cc1. The predicted octanol–water partition coefficient (Wildman–Crippen LogP) is 5.23. The van der Waals surface area contributed by atoms with Crippen LogP contribution in [0.25, 0.3) is 0 Å². The lowest BCUT2D eigenvalue weighted by Crippen LogP contribution is -2.47. The fourth-order valence-electron chi connectivity index (χ4n) is 7.39. The zero-order chi connectivity index (χ0) is 18.0. The molecule has 0 amide bonds. The maximum absolute atomic E-state index is 13.3. The molecule has 0 spiro atoms. The highest BCUT2D eigenvalue weighted by molar-refractivity contribution is 5.95. The Morgan fingerprint density at radius 2 is 1.85 bits per heavy atom. The summed E-state index contributed by atoms with van der Waals surface area (Å²) >= 11 is 0. The molecule has 5 rings (SSSR count). The molecule has 2 fully saturated rings. The minimum absolute atomic E-state index is 0.0859. The Hall–Kier alpha value is -1.83. The molecule has 0 saturated heterocycles. The molecule has 2 heteroatoms. The van der Waals surface area contributed by atoms with Crippen LogP contribution in [0, 0.1) is 22.7 Å². The lowest BCUT2D eigenvalue weighted by molar-refractivity contribution is -0.121. The summed E-state index contributed by atoms with van der Waals surface area (Å²) < 4.78 is 5.39. The predicted molar refractivity (Wildman–Crippen MR) is 103 cm³/mol. The first-order chi connectivity index (χ1) is 12.6. The molecule has 0 aromatic heterocycles. The van der Waals surface area contributed by atoms with Gasteiger partial charge >= 0.3 is 0 Å². The molecule has 0 radical (unpaired) electrons. The third-order valence-corrected chi connectivity index (χ3v) is 8.46. The van der Waals surface area contributed by atoms with E-state index in [1.165, 1.54) is 31.2 Å². The summed E-state index contributed by atoms with van der Waals surface area (Å²) in [5, 5.41) is 0. The van der Waals surface area contributed by atoms with Crippen molar-refractivity contribution in [2.75, 3.05) is 7.11 Å². The number of rotatable bonds is 2. The average Bonchev–Trinajstić information content (AvgIpc) is 2.92. The van der Waals surface area contributed by atoms with Crippen molar-refractivity contribution in [3.8, 4) is 5.75 Å².